The molecule has 2 aromatic rings. The summed E-state index contributed by atoms with van der Waals surface area (Å²) < 4.78 is 10.9. The predicted molar refractivity (Wildman–Crippen MR) is 85.7 cm³/mol. The van der Waals surface area contributed by atoms with Gasteiger partial charge in [0, 0.05) is 6.04 Å². The maximum atomic E-state index is 12.2. The standard InChI is InChI=1S/C18H22N2O3/c1-22-18(21)15-10-12-6-2-4-8-14(12)20(15)11-17-19-13-7-3-5-9-16(13)23-17/h3,5,7,9,12,14-15H,2,4,6,8,10-11H2,1H3. The van der Waals surface area contributed by atoms with E-state index in [2.05, 4.69) is 9.88 Å². The molecule has 0 radical (unpaired) electrons. The average Bonchev–Trinajstić information content (AvgIpc) is 3.15. The number of carbonyl (C=O) groups excluding carboxylic acids is 1. The summed E-state index contributed by atoms with van der Waals surface area (Å²) in [5.74, 6) is 1.15. The summed E-state index contributed by atoms with van der Waals surface area (Å²) in [5, 5.41) is 0. The van der Waals surface area contributed by atoms with Gasteiger partial charge in [-0.1, -0.05) is 25.0 Å². The summed E-state index contributed by atoms with van der Waals surface area (Å²) in [6, 6.07) is 8.07. The molecule has 2 fully saturated rings. The third-order valence-corrected chi connectivity index (χ3v) is 5.35. The van der Waals surface area contributed by atoms with Crippen LogP contribution in [0.15, 0.2) is 28.7 Å². The number of hydrogen-bond acceptors (Lipinski definition) is 5. The fraction of sp³-hybridized carbons (Fsp3) is 0.556. The van der Waals surface area contributed by atoms with Crippen LogP contribution in [0.3, 0.4) is 0 Å². The van der Waals surface area contributed by atoms with Gasteiger partial charge in [-0.05, 0) is 37.3 Å². The van der Waals surface area contributed by atoms with Crippen LogP contribution in [0.5, 0.6) is 0 Å². The molecule has 122 valence electrons. The van der Waals surface area contributed by atoms with Crippen LogP contribution in [0, 0.1) is 5.92 Å². The molecule has 0 bridgehead atoms. The van der Waals surface area contributed by atoms with Crippen LogP contribution < -0.4 is 0 Å². The molecule has 1 aromatic carbocycles. The number of likely N-dealkylation sites (tertiary alicyclic amines) is 1. The Morgan fingerprint density at radius 3 is 3.00 bits per heavy atom. The van der Waals surface area contributed by atoms with Gasteiger partial charge in [-0.25, -0.2) is 4.98 Å². The quantitative estimate of drug-likeness (QED) is 0.815. The molecule has 1 saturated heterocycles. The number of methoxy groups -OCH3 is 1. The van der Waals surface area contributed by atoms with Crippen LogP contribution in [0.4, 0.5) is 0 Å². The predicted octanol–water partition coefficient (Wildman–Crippen LogP) is 3.13. The van der Waals surface area contributed by atoms with Crippen LogP contribution in [-0.4, -0.2) is 35.0 Å². The minimum Gasteiger partial charge on any atom is -0.468 e. The highest BCUT2D eigenvalue weighted by atomic mass is 16.5. The van der Waals surface area contributed by atoms with Crippen molar-refractivity contribution in [3.8, 4) is 0 Å². The molecule has 0 spiro atoms. The Morgan fingerprint density at radius 2 is 2.17 bits per heavy atom. The van der Waals surface area contributed by atoms with E-state index in [4.69, 9.17) is 9.15 Å². The van der Waals surface area contributed by atoms with Gasteiger partial charge in [-0.3, -0.25) is 9.69 Å². The Kier molecular flexibility index (Phi) is 3.81. The smallest absolute Gasteiger partial charge is 0.323 e. The minimum absolute atomic E-state index is 0.129. The molecule has 3 unspecified atom stereocenters. The summed E-state index contributed by atoms with van der Waals surface area (Å²) in [4.78, 5) is 19.1. The Balaban J connectivity index is 1.61. The van der Waals surface area contributed by atoms with Crippen molar-refractivity contribution in [1.29, 1.82) is 0 Å². The summed E-state index contributed by atoms with van der Waals surface area (Å²) in [5.41, 5.74) is 1.67. The summed E-state index contributed by atoms with van der Waals surface area (Å²) in [6.45, 7) is 0.579. The highest BCUT2D eigenvalue weighted by molar-refractivity contribution is 5.76. The molecular formula is C18H22N2O3. The van der Waals surface area contributed by atoms with Gasteiger partial charge in [-0.2, -0.15) is 0 Å². The van der Waals surface area contributed by atoms with Crippen LogP contribution in [-0.2, 0) is 16.1 Å². The zero-order valence-electron chi connectivity index (χ0n) is 13.4. The highest BCUT2D eigenvalue weighted by Crippen LogP contribution is 2.40. The second-order valence-corrected chi connectivity index (χ2v) is 6.63. The Hall–Kier alpha value is -1.88. The zero-order valence-corrected chi connectivity index (χ0v) is 13.4. The van der Waals surface area contributed by atoms with Gasteiger partial charge in [0.15, 0.2) is 5.58 Å². The summed E-state index contributed by atoms with van der Waals surface area (Å²) in [6.07, 6.45) is 5.77. The zero-order chi connectivity index (χ0) is 15.8. The third-order valence-electron chi connectivity index (χ3n) is 5.35. The lowest BCUT2D eigenvalue weighted by Gasteiger charge is -2.32. The first-order valence-electron chi connectivity index (χ1n) is 8.44. The van der Waals surface area contributed by atoms with Crippen molar-refractivity contribution in [3.63, 3.8) is 0 Å². The monoisotopic (exact) mass is 314 g/mol. The second kappa shape index (κ2) is 5.96. The van der Waals surface area contributed by atoms with E-state index in [9.17, 15) is 4.79 Å². The van der Waals surface area contributed by atoms with Crippen molar-refractivity contribution >= 4 is 17.1 Å². The Labute approximate surface area is 135 Å². The maximum Gasteiger partial charge on any atom is 0.323 e. The molecule has 4 rings (SSSR count). The van der Waals surface area contributed by atoms with Crippen LogP contribution in [0.25, 0.3) is 11.1 Å². The average molecular weight is 314 g/mol. The van der Waals surface area contributed by atoms with Crippen LogP contribution >= 0.6 is 0 Å². The summed E-state index contributed by atoms with van der Waals surface area (Å²) in [7, 11) is 1.47. The van der Waals surface area contributed by atoms with E-state index in [1.54, 1.807) is 0 Å². The maximum absolute atomic E-state index is 12.2. The molecule has 5 heteroatoms. The van der Waals surface area contributed by atoms with Crippen molar-refractivity contribution in [3.05, 3.63) is 30.2 Å². The van der Waals surface area contributed by atoms with E-state index in [-0.39, 0.29) is 12.0 Å². The number of oxazole rings is 1. The first-order valence-corrected chi connectivity index (χ1v) is 8.44. The first-order chi connectivity index (χ1) is 11.3. The molecule has 5 nitrogen and oxygen atoms in total. The molecule has 0 amide bonds. The topological polar surface area (TPSA) is 55.6 Å². The largest absolute Gasteiger partial charge is 0.468 e. The third kappa shape index (κ3) is 2.63. The number of nitrogens with zero attached hydrogens (tertiary/aromatic N) is 2. The van der Waals surface area contributed by atoms with Gasteiger partial charge in [0.05, 0.1) is 13.7 Å². The van der Waals surface area contributed by atoms with Crippen LogP contribution in [0.1, 0.15) is 38.0 Å². The molecule has 1 aliphatic heterocycles. The first kappa shape index (κ1) is 14.7. The van der Waals surface area contributed by atoms with E-state index < -0.39 is 0 Å². The number of esters is 1. The van der Waals surface area contributed by atoms with Crippen molar-refractivity contribution < 1.29 is 13.9 Å². The number of aromatic nitrogens is 1. The fourth-order valence-electron chi connectivity index (χ4n) is 4.29. The molecule has 1 saturated carbocycles. The number of benzene rings is 1. The number of carbonyl (C=O) groups is 1. The molecule has 1 aliphatic carbocycles. The molecular weight excluding hydrogens is 292 g/mol. The second-order valence-electron chi connectivity index (χ2n) is 6.63. The van der Waals surface area contributed by atoms with Crippen LogP contribution in [0.2, 0.25) is 0 Å². The van der Waals surface area contributed by atoms with Gasteiger partial charge in [0.2, 0.25) is 5.89 Å². The van der Waals surface area contributed by atoms with Gasteiger partial charge in [-0.15, -0.1) is 0 Å². The Morgan fingerprint density at radius 1 is 1.35 bits per heavy atom. The van der Waals surface area contributed by atoms with Crippen molar-refractivity contribution in [2.75, 3.05) is 7.11 Å². The van der Waals surface area contributed by atoms with E-state index >= 15 is 0 Å². The molecule has 23 heavy (non-hydrogen) atoms. The minimum atomic E-state index is -0.164. The van der Waals surface area contributed by atoms with Gasteiger partial charge in [0.25, 0.3) is 0 Å². The van der Waals surface area contributed by atoms with E-state index in [1.807, 2.05) is 24.3 Å². The number of hydrogen-bond donors (Lipinski definition) is 0. The van der Waals surface area contributed by atoms with E-state index in [0.717, 1.165) is 23.9 Å². The number of rotatable bonds is 3. The van der Waals surface area contributed by atoms with Gasteiger partial charge >= 0.3 is 5.97 Å². The lowest BCUT2D eigenvalue weighted by Crippen LogP contribution is -2.42. The number of fused-ring (bicyclic) bond motifs is 2. The van der Waals surface area contributed by atoms with Crippen molar-refractivity contribution in [1.82, 2.24) is 9.88 Å². The van der Waals surface area contributed by atoms with E-state index in [0.29, 0.717) is 24.4 Å². The SMILES string of the molecule is COC(=O)C1CC2CCCCC2N1Cc1nc2ccccc2o1. The number of ether oxygens (including phenoxy) is 1. The molecule has 2 heterocycles. The number of para-hydroxylation sites is 2. The lowest BCUT2D eigenvalue weighted by molar-refractivity contribution is -0.146. The molecule has 0 N–H and O–H groups in total. The van der Waals surface area contributed by atoms with Gasteiger partial charge < -0.3 is 9.15 Å². The lowest BCUT2D eigenvalue weighted by atomic mass is 9.85. The fourth-order valence-corrected chi connectivity index (χ4v) is 4.29. The molecule has 3 atom stereocenters. The highest BCUT2D eigenvalue weighted by Gasteiger charge is 2.46. The normalized spacial score (nSPS) is 28.0. The van der Waals surface area contributed by atoms with Crippen molar-refractivity contribution in [2.24, 2.45) is 5.92 Å². The van der Waals surface area contributed by atoms with Crippen molar-refractivity contribution in [2.45, 2.75) is 50.7 Å². The molecule has 2 aliphatic rings. The molecule has 1 aromatic heterocycles. The Bertz CT molecular complexity index is 678. The van der Waals surface area contributed by atoms with E-state index in [1.165, 1.54) is 26.4 Å². The summed E-state index contributed by atoms with van der Waals surface area (Å²) >= 11 is 0. The van der Waals surface area contributed by atoms with Gasteiger partial charge in [0.1, 0.15) is 11.6 Å².